The summed E-state index contributed by atoms with van der Waals surface area (Å²) in [6.07, 6.45) is -0.676. The van der Waals surface area contributed by atoms with Crippen molar-refractivity contribution in [3.63, 3.8) is 0 Å². The normalized spacial score (nSPS) is 11.6. The summed E-state index contributed by atoms with van der Waals surface area (Å²) in [7, 11) is 0. The number of halogens is 1. The summed E-state index contributed by atoms with van der Waals surface area (Å²) in [6, 6.07) is 5.42. The molecular weight excluding hydrogens is 280 g/mol. The number of benzene rings is 1. The highest BCUT2D eigenvalue weighted by Crippen LogP contribution is 2.33. The molecule has 1 rings (SSSR count). The van der Waals surface area contributed by atoms with Gasteiger partial charge in [0.05, 0.1) is 36.4 Å². The fraction of sp³-hybridized carbons (Fsp3) is 0.500. The first-order valence-electron chi connectivity index (χ1n) is 6.47. The Balaban J connectivity index is 3.03. The molecule has 0 radical (unpaired) electrons. The van der Waals surface area contributed by atoms with Gasteiger partial charge in [-0.15, -0.1) is 11.6 Å². The first kappa shape index (κ1) is 16.4. The SMILES string of the molecule is CCOc1cc(C#N)c(NCC(O)CCl)cc1OCC. The maximum absolute atomic E-state index is 9.46. The van der Waals surface area contributed by atoms with Gasteiger partial charge in [-0.25, -0.2) is 0 Å². The molecule has 6 heteroatoms. The van der Waals surface area contributed by atoms with Crippen LogP contribution in [0, 0.1) is 11.3 Å². The topological polar surface area (TPSA) is 74.5 Å². The highest BCUT2D eigenvalue weighted by molar-refractivity contribution is 6.18. The molecule has 0 aliphatic rings. The van der Waals surface area contributed by atoms with E-state index in [4.69, 9.17) is 21.1 Å². The number of nitriles is 1. The molecule has 1 unspecified atom stereocenters. The van der Waals surface area contributed by atoms with Gasteiger partial charge in [-0.2, -0.15) is 5.26 Å². The number of nitrogens with zero attached hydrogens (tertiary/aromatic N) is 1. The van der Waals surface area contributed by atoms with Crippen molar-refractivity contribution in [2.45, 2.75) is 20.0 Å². The number of aliphatic hydroxyl groups excluding tert-OH is 1. The maximum atomic E-state index is 9.46. The molecule has 0 saturated heterocycles. The Bertz CT molecular complexity index is 474. The molecule has 0 heterocycles. The van der Waals surface area contributed by atoms with Crippen molar-refractivity contribution in [2.24, 2.45) is 0 Å². The van der Waals surface area contributed by atoms with Crippen LogP contribution in [-0.4, -0.2) is 36.8 Å². The number of aliphatic hydroxyl groups is 1. The van der Waals surface area contributed by atoms with Crippen LogP contribution in [0.25, 0.3) is 0 Å². The molecule has 0 aromatic heterocycles. The number of rotatable bonds is 8. The minimum Gasteiger partial charge on any atom is -0.490 e. The molecular formula is C14H19ClN2O3. The minimum absolute atomic E-state index is 0.129. The van der Waals surface area contributed by atoms with Gasteiger partial charge in [-0.3, -0.25) is 0 Å². The van der Waals surface area contributed by atoms with E-state index in [2.05, 4.69) is 11.4 Å². The average molecular weight is 299 g/mol. The van der Waals surface area contributed by atoms with Crippen molar-refractivity contribution in [3.05, 3.63) is 17.7 Å². The third kappa shape index (κ3) is 4.48. The molecule has 1 aromatic carbocycles. The van der Waals surface area contributed by atoms with Crippen LogP contribution in [0.3, 0.4) is 0 Å². The molecule has 0 aliphatic carbocycles. The lowest BCUT2D eigenvalue weighted by atomic mass is 10.1. The smallest absolute Gasteiger partial charge is 0.163 e. The van der Waals surface area contributed by atoms with Gasteiger partial charge in [0, 0.05) is 18.7 Å². The molecule has 0 bridgehead atoms. The van der Waals surface area contributed by atoms with Crippen LogP contribution in [0.1, 0.15) is 19.4 Å². The summed E-state index contributed by atoms with van der Waals surface area (Å²) in [5, 5.41) is 21.6. The molecule has 0 aliphatic heterocycles. The Morgan fingerprint density at radius 1 is 1.30 bits per heavy atom. The summed E-state index contributed by atoms with van der Waals surface area (Å²) >= 11 is 5.54. The molecule has 1 aromatic rings. The molecule has 0 saturated carbocycles. The molecule has 0 fully saturated rings. The van der Waals surface area contributed by atoms with E-state index in [1.807, 2.05) is 13.8 Å². The van der Waals surface area contributed by atoms with E-state index in [1.165, 1.54) is 0 Å². The number of anilines is 1. The maximum Gasteiger partial charge on any atom is 0.163 e. The quantitative estimate of drug-likeness (QED) is 0.721. The van der Waals surface area contributed by atoms with E-state index in [9.17, 15) is 10.4 Å². The molecule has 2 N–H and O–H groups in total. The Hall–Kier alpha value is -1.64. The van der Waals surface area contributed by atoms with E-state index < -0.39 is 6.10 Å². The number of hydrogen-bond donors (Lipinski definition) is 2. The molecule has 20 heavy (non-hydrogen) atoms. The van der Waals surface area contributed by atoms with Gasteiger partial charge in [0.15, 0.2) is 11.5 Å². The molecule has 5 nitrogen and oxygen atoms in total. The van der Waals surface area contributed by atoms with Crippen LogP contribution in [0.2, 0.25) is 0 Å². The summed E-state index contributed by atoms with van der Waals surface area (Å²) in [5.41, 5.74) is 1.02. The third-order valence-electron chi connectivity index (χ3n) is 2.51. The van der Waals surface area contributed by atoms with E-state index in [-0.39, 0.29) is 12.4 Å². The molecule has 0 amide bonds. The van der Waals surface area contributed by atoms with Crippen LogP contribution in [0.5, 0.6) is 11.5 Å². The van der Waals surface area contributed by atoms with Gasteiger partial charge in [0.1, 0.15) is 6.07 Å². The van der Waals surface area contributed by atoms with Crippen LogP contribution < -0.4 is 14.8 Å². The van der Waals surface area contributed by atoms with Crippen molar-refractivity contribution in [1.29, 1.82) is 5.26 Å². The molecule has 110 valence electrons. The number of ether oxygens (including phenoxy) is 2. The standard InChI is InChI=1S/C14H19ClN2O3/c1-3-19-13-5-10(8-16)12(6-14(13)20-4-2)17-9-11(18)7-15/h5-6,11,17-18H,3-4,7,9H2,1-2H3. The molecule has 1 atom stereocenters. The van der Waals surface area contributed by atoms with Gasteiger partial charge in [0.2, 0.25) is 0 Å². The third-order valence-corrected chi connectivity index (χ3v) is 2.87. The fourth-order valence-corrected chi connectivity index (χ4v) is 1.73. The first-order valence-corrected chi connectivity index (χ1v) is 7.01. The Morgan fingerprint density at radius 2 is 1.90 bits per heavy atom. The van der Waals surface area contributed by atoms with E-state index in [1.54, 1.807) is 12.1 Å². The van der Waals surface area contributed by atoms with Crippen LogP contribution in [0.15, 0.2) is 12.1 Å². The zero-order valence-corrected chi connectivity index (χ0v) is 12.4. The summed E-state index contributed by atoms with van der Waals surface area (Å²) in [4.78, 5) is 0. The Kier molecular flexibility index (Phi) is 6.99. The van der Waals surface area contributed by atoms with Crippen molar-refractivity contribution in [1.82, 2.24) is 0 Å². The van der Waals surface area contributed by atoms with Crippen LogP contribution >= 0.6 is 11.6 Å². The highest BCUT2D eigenvalue weighted by atomic mass is 35.5. The second kappa shape index (κ2) is 8.51. The second-order valence-electron chi connectivity index (χ2n) is 4.01. The van der Waals surface area contributed by atoms with Crippen molar-refractivity contribution < 1.29 is 14.6 Å². The number of hydrogen-bond acceptors (Lipinski definition) is 5. The fourth-order valence-electron chi connectivity index (χ4n) is 1.62. The predicted octanol–water partition coefficient (Wildman–Crippen LogP) is 2.37. The number of nitrogens with one attached hydrogen (secondary N) is 1. The Labute approximate surface area is 124 Å². The zero-order valence-electron chi connectivity index (χ0n) is 11.6. The highest BCUT2D eigenvalue weighted by Gasteiger charge is 2.13. The summed E-state index contributed by atoms with van der Waals surface area (Å²) in [6.45, 7) is 4.99. The predicted molar refractivity (Wildman–Crippen MR) is 78.7 cm³/mol. The van der Waals surface area contributed by atoms with Gasteiger partial charge in [0.25, 0.3) is 0 Å². The second-order valence-corrected chi connectivity index (χ2v) is 4.32. The lowest BCUT2D eigenvalue weighted by Gasteiger charge is -2.16. The van der Waals surface area contributed by atoms with Gasteiger partial charge in [-0.05, 0) is 13.8 Å². The lowest BCUT2D eigenvalue weighted by Crippen LogP contribution is -2.21. The zero-order chi connectivity index (χ0) is 15.0. The van der Waals surface area contributed by atoms with Crippen molar-refractivity contribution >= 4 is 17.3 Å². The van der Waals surface area contributed by atoms with Gasteiger partial charge >= 0.3 is 0 Å². The first-order chi connectivity index (χ1) is 9.65. The Morgan fingerprint density at radius 3 is 2.40 bits per heavy atom. The summed E-state index contributed by atoms with van der Waals surface area (Å²) in [5.74, 6) is 1.23. The largest absolute Gasteiger partial charge is 0.490 e. The average Bonchev–Trinajstić information content (AvgIpc) is 2.46. The van der Waals surface area contributed by atoms with Crippen molar-refractivity contribution in [2.75, 3.05) is 31.0 Å². The van der Waals surface area contributed by atoms with E-state index in [0.29, 0.717) is 36.0 Å². The van der Waals surface area contributed by atoms with Gasteiger partial charge in [-0.1, -0.05) is 0 Å². The van der Waals surface area contributed by atoms with Crippen LogP contribution in [0.4, 0.5) is 5.69 Å². The van der Waals surface area contributed by atoms with Crippen LogP contribution in [-0.2, 0) is 0 Å². The van der Waals surface area contributed by atoms with Crippen molar-refractivity contribution in [3.8, 4) is 17.6 Å². The minimum atomic E-state index is -0.676. The van der Waals surface area contributed by atoms with Gasteiger partial charge < -0.3 is 19.9 Å². The monoisotopic (exact) mass is 298 g/mol. The number of alkyl halides is 1. The lowest BCUT2D eigenvalue weighted by molar-refractivity contribution is 0.211. The summed E-state index contributed by atoms with van der Waals surface area (Å²) < 4.78 is 11.0. The molecule has 0 spiro atoms. The van der Waals surface area contributed by atoms with E-state index >= 15 is 0 Å². The van der Waals surface area contributed by atoms with E-state index in [0.717, 1.165) is 0 Å².